The molecular weight excluding hydrogens is 342 g/mol. The first-order chi connectivity index (χ1) is 13.1. The van der Waals surface area contributed by atoms with E-state index in [-0.39, 0.29) is 5.91 Å². The van der Waals surface area contributed by atoms with E-state index < -0.39 is 0 Å². The van der Waals surface area contributed by atoms with E-state index >= 15 is 0 Å². The summed E-state index contributed by atoms with van der Waals surface area (Å²) in [5, 5.41) is 7.16. The monoisotopic (exact) mass is 361 g/mol. The Bertz CT molecular complexity index is 1110. The molecule has 27 heavy (non-hydrogen) atoms. The summed E-state index contributed by atoms with van der Waals surface area (Å²) in [6.07, 6.45) is 7.14. The van der Waals surface area contributed by atoms with Crippen LogP contribution in [0, 0.1) is 6.92 Å². The lowest BCUT2D eigenvalue weighted by atomic mass is 10.3. The second-order valence-electron chi connectivity index (χ2n) is 6.23. The van der Waals surface area contributed by atoms with E-state index in [4.69, 9.17) is 4.74 Å². The number of pyridine rings is 1. The van der Waals surface area contributed by atoms with Gasteiger partial charge >= 0.3 is 0 Å². The SMILES string of the molecule is COc1ccccc1-n1cc(C(=O)NCc2cn3cc(C)ccc3n2)cn1. The van der Waals surface area contributed by atoms with Crippen LogP contribution in [0.15, 0.2) is 61.2 Å². The number of benzene rings is 1. The number of aryl methyl sites for hydroxylation is 1. The third-order valence-electron chi connectivity index (χ3n) is 4.26. The van der Waals surface area contributed by atoms with E-state index in [1.165, 1.54) is 6.20 Å². The van der Waals surface area contributed by atoms with Gasteiger partial charge in [-0.2, -0.15) is 5.10 Å². The van der Waals surface area contributed by atoms with Crippen LogP contribution in [0.4, 0.5) is 0 Å². The lowest BCUT2D eigenvalue weighted by molar-refractivity contribution is 0.0950. The molecule has 1 N–H and O–H groups in total. The normalized spacial score (nSPS) is 10.9. The van der Waals surface area contributed by atoms with Gasteiger partial charge in [-0.25, -0.2) is 9.67 Å². The summed E-state index contributed by atoms with van der Waals surface area (Å²) in [5.41, 5.74) is 4.05. The van der Waals surface area contributed by atoms with Crippen LogP contribution < -0.4 is 10.1 Å². The summed E-state index contributed by atoms with van der Waals surface area (Å²) >= 11 is 0. The maximum absolute atomic E-state index is 12.5. The molecule has 0 saturated carbocycles. The molecule has 4 rings (SSSR count). The molecule has 0 fully saturated rings. The van der Waals surface area contributed by atoms with Crippen molar-refractivity contribution >= 4 is 11.6 Å². The molecule has 0 bridgehead atoms. The third-order valence-corrected chi connectivity index (χ3v) is 4.26. The van der Waals surface area contributed by atoms with Crippen molar-refractivity contribution in [1.82, 2.24) is 24.5 Å². The van der Waals surface area contributed by atoms with Crippen molar-refractivity contribution < 1.29 is 9.53 Å². The maximum atomic E-state index is 12.5. The number of rotatable bonds is 5. The molecule has 7 heteroatoms. The van der Waals surface area contributed by atoms with Gasteiger partial charge in [0.05, 0.1) is 31.1 Å². The molecule has 0 aliphatic rings. The zero-order valence-electron chi connectivity index (χ0n) is 15.1. The summed E-state index contributed by atoms with van der Waals surface area (Å²) in [5.74, 6) is 0.483. The van der Waals surface area contributed by atoms with Gasteiger partial charge in [0.15, 0.2) is 0 Å². The predicted octanol–water partition coefficient (Wildman–Crippen LogP) is 2.77. The van der Waals surface area contributed by atoms with Crippen LogP contribution in [0.3, 0.4) is 0 Å². The highest BCUT2D eigenvalue weighted by Crippen LogP contribution is 2.21. The number of para-hydroxylation sites is 2. The molecule has 136 valence electrons. The van der Waals surface area contributed by atoms with Gasteiger partial charge in [0.25, 0.3) is 5.91 Å². The minimum Gasteiger partial charge on any atom is -0.494 e. The molecule has 1 amide bonds. The van der Waals surface area contributed by atoms with Gasteiger partial charge < -0.3 is 14.5 Å². The molecule has 0 spiro atoms. The Hall–Kier alpha value is -3.61. The van der Waals surface area contributed by atoms with Gasteiger partial charge in [0.1, 0.15) is 17.1 Å². The fourth-order valence-corrected chi connectivity index (χ4v) is 2.90. The van der Waals surface area contributed by atoms with Crippen LogP contribution in [-0.2, 0) is 6.54 Å². The second-order valence-corrected chi connectivity index (χ2v) is 6.23. The summed E-state index contributed by atoms with van der Waals surface area (Å²) in [7, 11) is 1.60. The molecule has 0 atom stereocenters. The zero-order valence-corrected chi connectivity index (χ0v) is 15.1. The van der Waals surface area contributed by atoms with Crippen molar-refractivity contribution in [2.24, 2.45) is 0 Å². The van der Waals surface area contributed by atoms with E-state index in [1.54, 1.807) is 18.0 Å². The number of carbonyl (C=O) groups excluding carboxylic acids is 1. The van der Waals surface area contributed by atoms with Crippen molar-refractivity contribution in [2.75, 3.05) is 7.11 Å². The van der Waals surface area contributed by atoms with Crippen LogP contribution in [0.25, 0.3) is 11.3 Å². The number of amides is 1. The number of hydrogen-bond donors (Lipinski definition) is 1. The van der Waals surface area contributed by atoms with Crippen molar-refractivity contribution in [3.05, 3.63) is 78.0 Å². The summed E-state index contributed by atoms with van der Waals surface area (Å²) in [4.78, 5) is 17.0. The molecule has 3 heterocycles. The number of nitrogens with zero attached hydrogens (tertiary/aromatic N) is 4. The number of imidazole rings is 1. The highest BCUT2D eigenvalue weighted by Gasteiger charge is 2.12. The second kappa shape index (κ2) is 6.95. The number of fused-ring (bicyclic) bond motifs is 1. The van der Waals surface area contributed by atoms with E-state index in [9.17, 15) is 4.79 Å². The Balaban J connectivity index is 1.47. The number of nitrogens with one attached hydrogen (secondary N) is 1. The number of carbonyl (C=O) groups is 1. The summed E-state index contributed by atoms with van der Waals surface area (Å²) < 4.78 is 8.92. The number of hydrogen-bond acceptors (Lipinski definition) is 4. The molecule has 3 aromatic heterocycles. The molecule has 1 aromatic carbocycles. The number of ether oxygens (including phenoxy) is 1. The summed E-state index contributed by atoms with van der Waals surface area (Å²) in [6.45, 7) is 2.37. The molecular formula is C20H19N5O2. The number of methoxy groups -OCH3 is 1. The molecule has 0 saturated heterocycles. The molecule has 0 radical (unpaired) electrons. The van der Waals surface area contributed by atoms with Crippen molar-refractivity contribution in [3.8, 4) is 11.4 Å². The van der Waals surface area contributed by atoms with Gasteiger partial charge in [-0.15, -0.1) is 0 Å². The average Bonchev–Trinajstić information content (AvgIpc) is 3.32. The Morgan fingerprint density at radius 1 is 1.15 bits per heavy atom. The van der Waals surface area contributed by atoms with Gasteiger partial charge in [-0.05, 0) is 30.7 Å². The lowest BCUT2D eigenvalue weighted by Crippen LogP contribution is -2.22. The molecule has 0 unspecified atom stereocenters. The van der Waals surface area contributed by atoms with Crippen molar-refractivity contribution in [3.63, 3.8) is 0 Å². The van der Waals surface area contributed by atoms with E-state index in [1.807, 2.05) is 60.1 Å². The Kier molecular flexibility index (Phi) is 4.33. The Morgan fingerprint density at radius 2 is 2.00 bits per heavy atom. The third kappa shape index (κ3) is 3.39. The largest absolute Gasteiger partial charge is 0.494 e. The van der Waals surface area contributed by atoms with E-state index in [0.717, 1.165) is 22.6 Å². The van der Waals surface area contributed by atoms with Crippen LogP contribution in [0.2, 0.25) is 0 Å². The fraction of sp³-hybridized carbons (Fsp3) is 0.150. The lowest BCUT2D eigenvalue weighted by Gasteiger charge is -2.07. The van der Waals surface area contributed by atoms with Gasteiger partial charge in [-0.1, -0.05) is 18.2 Å². The van der Waals surface area contributed by atoms with E-state index in [0.29, 0.717) is 17.9 Å². The highest BCUT2D eigenvalue weighted by molar-refractivity contribution is 5.93. The maximum Gasteiger partial charge on any atom is 0.254 e. The van der Waals surface area contributed by atoms with Crippen LogP contribution in [-0.4, -0.2) is 32.2 Å². The topological polar surface area (TPSA) is 73.5 Å². The van der Waals surface area contributed by atoms with Gasteiger partial charge in [0, 0.05) is 18.6 Å². The molecule has 4 aromatic rings. The van der Waals surface area contributed by atoms with E-state index in [2.05, 4.69) is 15.4 Å². The predicted molar refractivity (Wildman–Crippen MR) is 101 cm³/mol. The quantitative estimate of drug-likeness (QED) is 0.593. The average molecular weight is 361 g/mol. The molecule has 0 aliphatic carbocycles. The zero-order chi connectivity index (χ0) is 18.8. The number of aromatic nitrogens is 4. The molecule has 7 nitrogen and oxygen atoms in total. The Labute approximate surface area is 156 Å². The first-order valence-electron chi connectivity index (χ1n) is 8.54. The minimum atomic E-state index is -0.204. The van der Waals surface area contributed by atoms with Crippen LogP contribution in [0.1, 0.15) is 21.6 Å². The summed E-state index contributed by atoms with van der Waals surface area (Å²) in [6, 6.07) is 11.5. The Morgan fingerprint density at radius 3 is 2.85 bits per heavy atom. The van der Waals surface area contributed by atoms with Crippen LogP contribution >= 0.6 is 0 Å². The molecule has 0 aliphatic heterocycles. The van der Waals surface area contributed by atoms with Crippen molar-refractivity contribution in [2.45, 2.75) is 13.5 Å². The van der Waals surface area contributed by atoms with Gasteiger partial charge in [-0.3, -0.25) is 4.79 Å². The fourth-order valence-electron chi connectivity index (χ4n) is 2.90. The minimum absolute atomic E-state index is 0.204. The highest BCUT2D eigenvalue weighted by atomic mass is 16.5. The first-order valence-corrected chi connectivity index (χ1v) is 8.54. The van der Waals surface area contributed by atoms with Gasteiger partial charge in [0.2, 0.25) is 0 Å². The van der Waals surface area contributed by atoms with Crippen molar-refractivity contribution in [1.29, 1.82) is 0 Å². The standard InChI is InChI=1S/C20H19N5O2/c1-14-7-8-19-23-16(13-24(19)11-14)10-21-20(26)15-9-22-25(12-15)17-5-3-4-6-18(17)27-2/h3-9,11-13H,10H2,1-2H3,(H,21,26). The van der Waals surface area contributed by atoms with Crippen LogP contribution in [0.5, 0.6) is 5.75 Å². The smallest absolute Gasteiger partial charge is 0.254 e. The first kappa shape index (κ1) is 16.8.